The molecule has 0 saturated carbocycles. The van der Waals surface area contributed by atoms with Crippen molar-refractivity contribution in [2.24, 2.45) is 0 Å². The number of nitrogens with two attached hydrogens (primary N) is 1. The molecule has 0 radical (unpaired) electrons. The number of anilines is 2. The molecule has 0 aliphatic carbocycles. The highest BCUT2D eigenvalue weighted by molar-refractivity contribution is 5.87. The first kappa shape index (κ1) is 16.0. The van der Waals surface area contributed by atoms with Crippen LogP contribution in [0.3, 0.4) is 0 Å². The van der Waals surface area contributed by atoms with Crippen LogP contribution in [0.25, 0.3) is 11.0 Å². The van der Waals surface area contributed by atoms with Gasteiger partial charge in [-0.3, -0.25) is 9.97 Å². The van der Waals surface area contributed by atoms with Crippen molar-refractivity contribution in [3.8, 4) is 0 Å². The van der Waals surface area contributed by atoms with E-state index in [1.807, 2.05) is 55.6 Å². The normalized spacial score (nSPS) is 12.2. The number of nitrogens with one attached hydrogen (secondary N) is 1. The molecule has 7 nitrogen and oxygen atoms in total. The summed E-state index contributed by atoms with van der Waals surface area (Å²) < 4.78 is 2.07. The van der Waals surface area contributed by atoms with Crippen LogP contribution in [-0.2, 0) is 6.54 Å². The molecular weight excluding hydrogens is 326 g/mol. The van der Waals surface area contributed by atoms with E-state index in [9.17, 15) is 0 Å². The lowest BCUT2D eigenvalue weighted by atomic mass is 10.2. The number of pyridine rings is 2. The highest BCUT2D eigenvalue weighted by atomic mass is 15.1. The summed E-state index contributed by atoms with van der Waals surface area (Å²) >= 11 is 0. The van der Waals surface area contributed by atoms with Crippen molar-refractivity contribution in [3.05, 3.63) is 72.4 Å². The first-order valence-corrected chi connectivity index (χ1v) is 8.40. The number of hydrogen-bond acceptors (Lipinski definition) is 6. The molecule has 130 valence electrons. The molecule has 0 amide bonds. The van der Waals surface area contributed by atoms with Gasteiger partial charge in [-0.25, -0.2) is 4.98 Å². The molecule has 26 heavy (non-hydrogen) atoms. The van der Waals surface area contributed by atoms with Crippen LogP contribution in [0, 0.1) is 0 Å². The molecule has 0 aliphatic rings. The van der Waals surface area contributed by atoms with Gasteiger partial charge in [-0.15, -0.1) is 0 Å². The van der Waals surface area contributed by atoms with E-state index in [0.717, 1.165) is 22.4 Å². The molecule has 0 bridgehead atoms. The van der Waals surface area contributed by atoms with Gasteiger partial charge in [0.25, 0.3) is 0 Å². The highest BCUT2D eigenvalue weighted by Gasteiger charge is 2.15. The third kappa shape index (κ3) is 3.19. The van der Waals surface area contributed by atoms with Gasteiger partial charge in [0.15, 0.2) is 5.82 Å². The van der Waals surface area contributed by atoms with Gasteiger partial charge in [-0.05, 0) is 37.3 Å². The summed E-state index contributed by atoms with van der Waals surface area (Å²) in [6.45, 7) is 2.67. The third-order valence-corrected chi connectivity index (χ3v) is 4.17. The Balaban J connectivity index is 1.72. The lowest BCUT2D eigenvalue weighted by Crippen LogP contribution is -2.12. The van der Waals surface area contributed by atoms with E-state index in [-0.39, 0.29) is 12.0 Å². The van der Waals surface area contributed by atoms with Crippen LogP contribution in [0.4, 0.5) is 11.8 Å². The Kier molecular flexibility index (Phi) is 4.18. The van der Waals surface area contributed by atoms with E-state index in [4.69, 9.17) is 5.73 Å². The zero-order valence-electron chi connectivity index (χ0n) is 14.4. The van der Waals surface area contributed by atoms with Gasteiger partial charge < -0.3 is 15.6 Å². The topological polar surface area (TPSA) is 94.5 Å². The molecule has 7 heteroatoms. The second-order valence-corrected chi connectivity index (χ2v) is 6.05. The maximum absolute atomic E-state index is 5.90. The number of fused-ring (bicyclic) bond motifs is 1. The number of rotatable bonds is 5. The molecule has 4 heterocycles. The van der Waals surface area contributed by atoms with Gasteiger partial charge in [0, 0.05) is 18.6 Å². The van der Waals surface area contributed by atoms with Crippen molar-refractivity contribution < 1.29 is 0 Å². The van der Waals surface area contributed by atoms with Gasteiger partial charge in [0.1, 0.15) is 5.52 Å². The predicted octanol–water partition coefficient (Wildman–Crippen LogP) is 3.02. The molecule has 3 N–H and O–H groups in total. The van der Waals surface area contributed by atoms with Crippen molar-refractivity contribution in [2.75, 3.05) is 11.1 Å². The van der Waals surface area contributed by atoms with Crippen LogP contribution in [0.2, 0.25) is 0 Å². The second-order valence-electron chi connectivity index (χ2n) is 6.05. The molecule has 0 saturated heterocycles. The van der Waals surface area contributed by atoms with Crippen LogP contribution in [0.1, 0.15) is 24.4 Å². The maximum atomic E-state index is 5.90. The molecule has 4 rings (SSSR count). The predicted molar refractivity (Wildman–Crippen MR) is 102 cm³/mol. The Bertz CT molecular complexity index is 1010. The molecule has 4 aromatic heterocycles. The van der Waals surface area contributed by atoms with Crippen molar-refractivity contribution >= 4 is 22.8 Å². The fraction of sp³-hybridized carbons (Fsp3) is 0.158. The number of nitrogen functional groups attached to an aromatic ring is 1. The summed E-state index contributed by atoms with van der Waals surface area (Å²) in [6, 6.07) is 13.6. The van der Waals surface area contributed by atoms with Gasteiger partial charge in [0.2, 0.25) is 5.95 Å². The highest BCUT2D eigenvalue weighted by Crippen LogP contribution is 2.26. The number of nitrogens with zero attached hydrogens (tertiary/aromatic N) is 5. The average molecular weight is 345 g/mol. The van der Waals surface area contributed by atoms with Gasteiger partial charge in [0.05, 0.1) is 29.5 Å². The van der Waals surface area contributed by atoms with Crippen LogP contribution in [-0.4, -0.2) is 24.5 Å². The smallest absolute Gasteiger partial charge is 0.222 e. The molecular formula is C19H19N7. The number of aromatic nitrogens is 5. The van der Waals surface area contributed by atoms with Gasteiger partial charge >= 0.3 is 0 Å². The van der Waals surface area contributed by atoms with E-state index in [1.165, 1.54) is 0 Å². The summed E-state index contributed by atoms with van der Waals surface area (Å²) in [5, 5.41) is 3.42. The Morgan fingerprint density at radius 1 is 1.04 bits per heavy atom. The van der Waals surface area contributed by atoms with Crippen LogP contribution in [0.15, 0.2) is 61.1 Å². The molecule has 0 fully saturated rings. The quantitative estimate of drug-likeness (QED) is 0.577. The minimum absolute atomic E-state index is 0.0214. The van der Waals surface area contributed by atoms with E-state index in [1.54, 1.807) is 12.4 Å². The summed E-state index contributed by atoms with van der Waals surface area (Å²) in [4.78, 5) is 17.6. The van der Waals surface area contributed by atoms with Crippen molar-refractivity contribution in [1.82, 2.24) is 24.5 Å². The van der Waals surface area contributed by atoms with Crippen LogP contribution < -0.4 is 11.1 Å². The maximum Gasteiger partial charge on any atom is 0.222 e. The van der Waals surface area contributed by atoms with Gasteiger partial charge in [-0.2, -0.15) is 4.98 Å². The Hall–Kier alpha value is -3.48. The Labute approximate surface area is 151 Å². The van der Waals surface area contributed by atoms with Crippen molar-refractivity contribution in [2.45, 2.75) is 19.5 Å². The standard InChI is InChI=1S/C19H19N7/c1-13(15-7-3-5-10-22-15)23-18-17-16(24-19(20)25-18)8-11-26(17)12-14-6-2-4-9-21-14/h2-11,13H,12H2,1H3,(H3,20,23,24,25)/t13-/m0/s1. The van der Waals surface area contributed by atoms with Gasteiger partial charge in [-0.1, -0.05) is 12.1 Å². The Morgan fingerprint density at radius 3 is 2.58 bits per heavy atom. The molecule has 0 unspecified atom stereocenters. The van der Waals surface area contributed by atoms with E-state index in [2.05, 4.69) is 29.8 Å². The summed E-state index contributed by atoms with van der Waals surface area (Å²) in [5.74, 6) is 0.926. The molecule has 0 aromatic carbocycles. The fourth-order valence-corrected chi connectivity index (χ4v) is 2.93. The summed E-state index contributed by atoms with van der Waals surface area (Å²) in [6.07, 6.45) is 5.54. The molecule has 0 spiro atoms. The first-order chi connectivity index (χ1) is 12.7. The minimum Gasteiger partial charge on any atom is -0.368 e. The summed E-state index contributed by atoms with van der Waals surface area (Å²) in [7, 11) is 0. The van der Waals surface area contributed by atoms with E-state index < -0.39 is 0 Å². The lowest BCUT2D eigenvalue weighted by molar-refractivity contribution is 0.797. The third-order valence-electron chi connectivity index (χ3n) is 4.17. The summed E-state index contributed by atoms with van der Waals surface area (Å²) in [5.41, 5.74) is 9.49. The fourth-order valence-electron chi connectivity index (χ4n) is 2.93. The minimum atomic E-state index is -0.0214. The van der Waals surface area contributed by atoms with E-state index in [0.29, 0.717) is 12.4 Å². The second kappa shape index (κ2) is 6.79. The molecule has 1 atom stereocenters. The Morgan fingerprint density at radius 2 is 1.85 bits per heavy atom. The van der Waals surface area contributed by atoms with E-state index >= 15 is 0 Å². The zero-order chi connectivity index (χ0) is 17.9. The zero-order valence-corrected chi connectivity index (χ0v) is 14.4. The van der Waals surface area contributed by atoms with Crippen LogP contribution in [0.5, 0.6) is 0 Å². The molecule has 0 aliphatic heterocycles. The largest absolute Gasteiger partial charge is 0.368 e. The average Bonchev–Trinajstić information content (AvgIpc) is 3.06. The molecule has 4 aromatic rings. The van der Waals surface area contributed by atoms with Crippen molar-refractivity contribution in [1.29, 1.82) is 0 Å². The number of hydrogen-bond donors (Lipinski definition) is 2. The first-order valence-electron chi connectivity index (χ1n) is 8.40. The lowest BCUT2D eigenvalue weighted by Gasteiger charge is -2.16. The SMILES string of the molecule is C[C@H](Nc1nc(N)nc2ccn(Cc3ccccn3)c12)c1ccccn1. The van der Waals surface area contributed by atoms with Crippen LogP contribution >= 0.6 is 0 Å². The van der Waals surface area contributed by atoms with Crippen molar-refractivity contribution in [3.63, 3.8) is 0 Å². The monoisotopic (exact) mass is 345 g/mol.